The molecule has 0 N–H and O–H groups in total. The summed E-state index contributed by atoms with van der Waals surface area (Å²) in [6, 6.07) is 0. The van der Waals surface area contributed by atoms with Crippen molar-refractivity contribution in [1.29, 1.82) is 0 Å². The summed E-state index contributed by atoms with van der Waals surface area (Å²) in [5, 5.41) is 0. The fourth-order valence-corrected chi connectivity index (χ4v) is 1.81. The van der Waals surface area contributed by atoms with Crippen LogP contribution in [0.5, 0.6) is 0 Å². The van der Waals surface area contributed by atoms with Crippen LogP contribution in [0.4, 0.5) is 0 Å². The number of hydrogen-bond acceptors (Lipinski definition) is 4. The predicted octanol–water partition coefficient (Wildman–Crippen LogP) is 2.52. The van der Waals surface area contributed by atoms with Crippen LogP contribution in [0, 0.1) is 0 Å². The largest absolute Gasteiger partial charge is 0.237 e. The Balaban J connectivity index is 2.44. The molecule has 0 atom stereocenters. The minimum Gasteiger partial charge on any atom is -0.237 e. The van der Waals surface area contributed by atoms with Gasteiger partial charge in [0.2, 0.25) is 5.79 Å². The van der Waals surface area contributed by atoms with Crippen molar-refractivity contribution in [1.82, 2.24) is 0 Å². The van der Waals surface area contributed by atoms with Crippen LogP contribution in [-0.4, -0.2) is 12.9 Å². The quantitative estimate of drug-likeness (QED) is 0.345. The molecular weight excluding hydrogens is 275 g/mol. The molecule has 72 valence electrons. The van der Waals surface area contributed by atoms with E-state index in [1.807, 2.05) is 0 Å². The first-order chi connectivity index (χ1) is 5.83. The van der Waals surface area contributed by atoms with Crippen molar-refractivity contribution < 1.29 is 17.9 Å². The van der Waals surface area contributed by atoms with Crippen LogP contribution in [-0.2, 0) is 17.9 Å². The molecule has 4 nitrogen and oxygen atoms in total. The molecule has 1 saturated carbocycles. The van der Waals surface area contributed by atoms with Gasteiger partial charge in [0.15, 0.2) is 23.0 Å². The van der Waals surface area contributed by atoms with Gasteiger partial charge in [-0.15, -0.1) is 0 Å². The van der Waals surface area contributed by atoms with E-state index in [-0.39, 0.29) is 0 Å². The summed E-state index contributed by atoms with van der Waals surface area (Å²) < 4.78 is 4.60. The summed E-state index contributed by atoms with van der Waals surface area (Å²) in [5.41, 5.74) is 0. The third-order valence-electron chi connectivity index (χ3n) is 2.03. The van der Waals surface area contributed by atoms with Crippen LogP contribution < -0.4 is 0 Å². The van der Waals surface area contributed by atoms with Crippen LogP contribution in [0.1, 0.15) is 32.1 Å². The highest BCUT2D eigenvalue weighted by Crippen LogP contribution is 2.33. The van der Waals surface area contributed by atoms with E-state index in [0.717, 1.165) is 25.7 Å². The van der Waals surface area contributed by atoms with Gasteiger partial charge >= 0.3 is 0 Å². The summed E-state index contributed by atoms with van der Waals surface area (Å²) in [6.45, 7) is 0. The maximum atomic E-state index is 5.06. The highest BCUT2D eigenvalue weighted by atomic mass is 127. The molecule has 1 fully saturated rings. The molecule has 0 unspecified atom stereocenters. The lowest BCUT2D eigenvalue weighted by Gasteiger charge is -2.31. The van der Waals surface area contributed by atoms with Gasteiger partial charge in [-0.25, -0.2) is 4.89 Å². The third kappa shape index (κ3) is 2.81. The Hall–Kier alpha value is 0.570. The average molecular weight is 288 g/mol. The van der Waals surface area contributed by atoms with E-state index < -0.39 is 5.79 Å². The summed E-state index contributed by atoms with van der Waals surface area (Å²) >= 11 is 1.68. The molecular formula is C7H13IO4. The number of hydrogen-bond donors (Lipinski definition) is 0. The first-order valence-corrected chi connectivity index (χ1v) is 4.89. The molecule has 1 aliphatic rings. The topological polar surface area (TPSA) is 36.9 Å². The smallest absolute Gasteiger partial charge is 0.234 e. The maximum Gasteiger partial charge on any atom is 0.234 e. The molecule has 0 aromatic heterocycles. The first-order valence-electron chi connectivity index (χ1n) is 4.01. The first kappa shape index (κ1) is 10.6. The normalized spacial score (nSPS) is 22.5. The van der Waals surface area contributed by atoms with Crippen molar-refractivity contribution in [3.05, 3.63) is 0 Å². The Bertz CT molecular complexity index is 109. The zero-order valence-electron chi connectivity index (χ0n) is 7.05. The van der Waals surface area contributed by atoms with Gasteiger partial charge in [-0.2, -0.15) is 13.0 Å². The molecule has 0 heterocycles. The second-order valence-corrected chi connectivity index (χ2v) is 3.23. The lowest BCUT2D eigenvalue weighted by molar-refractivity contribution is -0.477. The minimum atomic E-state index is -0.672. The van der Waals surface area contributed by atoms with Crippen LogP contribution in [0.25, 0.3) is 0 Å². The van der Waals surface area contributed by atoms with Gasteiger partial charge in [-0.3, -0.25) is 0 Å². The minimum absolute atomic E-state index is 0.672. The van der Waals surface area contributed by atoms with Gasteiger partial charge in [0.05, 0.1) is 7.11 Å². The fraction of sp³-hybridized carbons (Fsp3) is 1.00. The van der Waals surface area contributed by atoms with Crippen molar-refractivity contribution in [2.75, 3.05) is 7.11 Å². The SMILES string of the molecule is COOC1(OOI)CCCCC1. The van der Waals surface area contributed by atoms with Gasteiger partial charge in [0.25, 0.3) is 0 Å². The van der Waals surface area contributed by atoms with Gasteiger partial charge in [-0.05, 0) is 12.8 Å². The van der Waals surface area contributed by atoms with Crippen molar-refractivity contribution in [3.8, 4) is 0 Å². The lowest BCUT2D eigenvalue weighted by Crippen LogP contribution is -2.37. The molecule has 12 heavy (non-hydrogen) atoms. The zero-order chi connectivity index (χ0) is 8.86. The summed E-state index contributed by atoms with van der Waals surface area (Å²) in [5.74, 6) is -0.672. The molecule has 0 bridgehead atoms. The van der Waals surface area contributed by atoms with Crippen LogP contribution in [0.3, 0.4) is 0 Å². The van der Waals surface area contributed by atoms with Gasteiger partial charge < -0.3 is 0 Å². The van der Waals surface area contributed by atoms with Crippen LogP contribution in [0.2, 0.25) is 0 Å². The van der Waals surface area contributed by atoms with Crippen LogP contribution in [0.15, 0.2) is 0 Å². The number of rotatable bonds is 4. The Morgan fingerprint density at radius 1 is 1.08 bits per heavy atom. The monoisotopic (exact) mass is 288 g/mol. The van der Waals surface area contributed by atoms with Crippen molar-refractivity contribution in [3.63, 3.8) is 0 Å². The molecule has 5 heteroatoms. The summed E-state index contributed by atoms with van der Waals surface area (Å²) in [7, 11) is 1.48. The summed E-state index contributed by atoms with van der Waals surface area (Å²) in [6.07, 6.45) is 5.04. The highest BCUT2D eigenvalue weighted by Gasteiger charge is 2.37. The van der Waals surface area contributed by atoms with E-state index in [0.29, 0.717) is 0 Å². The van der Waals surface area contributed by atoms with Crippen molar-refractivity contribution in [2.45, 2.75) is 37.9 Å². The average Bonchev–Trinajstić information content (AvgIpc) is 2.07. The second-order valence-electron chi connectivity index (χ2n) is 2.87. The van der Waals surface area contributed by atoms with Crippen molar-refractivity contribution in [2.24, 2.45) is 0 Å². The Kier molecular flexibility index (Phi) is 4.73. The summed E-state index contributed by atoms with van der Waals surface area (Å²) in [4.78, 5) is 14.7. The van der Waals surface area contributed by atoms with E-state index in [2.05, 4.69) is 8.10 Å². The molecule has 0 aliphatic heterocycles. The zero-order valence-corrected chi connectivity index (χ0v) is 9.20. The molecule has 0 aromatic carbocycles. The third-order valence-corrected chi connectivity index (χ3v) is 2.21. The predicted molar refractivity (Wildman–Crippen MR) is 50.1 cm³/mol. The Morgan fingerprint density at radius 2 is 1.75 bits per heavy atom. The second kappa shape index (κ2) is 5.33. The molecule has 0 saturated heterocycles. The lowest BCUT2D eigenvalue weighted by atomic mass is 9.94. The van der Waals surface area contributed by atoms with E-state index in [1.54, 1.807) is 23.0 Å². The Morgan fingerprint density at radius 3 is 2.25 bits per heavy atom. The molecule has 0 amide bonds. The molecule has 1 aliphatic carbocycles. The van der Waals surface area contributed by atoms with Gasteiger partial charge in [0.1, 0.15) is 0 Å². The van der Waals surface area contributed by atoms with E-state index >= 15 is 0 Å². The van der Waals surface area contributed by atoms with E-state index in [1.165, 1.54) is 13.5 Å². The number of halogens is 1. The Labute approximate surface area is 86.0 Å². The van der Waals surface area contributed by atoms with Crippen molar-refractivity contribution >= 4 is 23.0 Å². The molecule has 1 rings (SSSR count). The van der Waals surface area contributed by atoms with Crippen LogP contribution >= 0.6 is 23.0 Å². The molecule has 0 aromatic rings. The maximum absolute atomic E-state index is 5.06. The van der Waals surface area contributed by atoms with Gasteiger partial charge in [0, 0.05) is 12.8 Å². The highest BCUT2D eigenvalue weighted by molar-refractivity contribution is 14.1. The molecule has 0 spiro atoms. The standard InChI is InChI=1S/C7H13IO4/c1-9-10-7(11-12-8)5-3-2-4-6-7/h2-6H2,1H3. The van der Waals surface area contributed by atoms with E-state index in [4.69, 9.17) is 9.78 Å². The molecule has 0 radical (unpaired) electrons. The fourth-order valence-electron chi connectivity index (χ4n) is 1.48. The van der Waals surface area contributed by atoms with Gasteiger partial charge in [-0.1, -0.05) is 6.42 Å². The van der Waals surface area contributed by atoms with E-state index in [9.17, 15) is 0 Å².